The number of aromatic nitrogens is 3. The molecule has 0 spiro atoms. The van der Waals surface area contributed by atoms with Crippen molar-refractivity contribution in [1.29, 1.82) is 0 Å². The zero-order valence-corrected chi connectivity index (χ0v) is 7.54. The van der Waals surface area contributed by atoms with Gasteiger partial charge in [0, 0.05) is 5.56 Å². The van der Waals surface area contributed by atoms with E-state index in [9.17, 15) is 0 Å². The summed E-state index contributed by atoms with van der Waals surface area (Å²) < 4.78 is 5.28. The Kier molecular flexibility index (Phi) is 0.904. The second kappa shape index (κ2) is 1.88. The molecular weight excluding hydrogens is 202 g/mol. The summed E-state index contributed by atoms with van der Waals surface area (Å²) >= 11 is 5.96. The van der Waals surface area contributed by atoms with E-state index in [0.717, 1.165) is 22.6 Å². The molecule has 14 heavy (non-hydrogen) atoms. The van der Waals surface area contributed by atoms with E-state index in [4.69, 9.17) is 16.3 Å². The molecule has 5 heteroatoms. The van der Waals surface area contributed by atoms with Crippen LogP contribution in [0.5, 0.6) is 11.5 Å². The summed E-state index contributed by atoms with van der Waals surface area (Å²) in [5.74, 6) is 2.90. The molecule has 2 bridgehead atoms. The summed E-state index contributed by atoms with van der Waals surface area (Å²) in [7, 11) is 0. The Balaban J connectivity index is 2.21. The van der Waals surface area contributed by atoms with E-state index in [1.807, 2.05) is 6.07 Å². The first kappa shape index (κ1) is 6.73. The van der Waals surface area contributed by atoms with Gasteiger partial charge in [-0.05, 0) is 6.07 Å². The van der Waals surface area contributed by atoms with Crippen molar-refractivity contribution in [2.45, 2.75) is 0 Å². The third-order valence-corrected chi connectivity index (χ3v) is 2.67. The zero-order valence-electron chi connectivity index (χ0n) is 6.78. The molecule has 0 N–H and O–H groups in total. The Labute approximate surface area is 83.6 Å². The van der Waals surface area contributed by atoms with Gasteiger partial charge in [0.2, 0.25) is 0 Å². The van der Waals surface area contributed by atoms with Gasteiger partial charge in [-0.25, -0.2) is 15.0 Å². The lowest BCUT2D eigenvalue weighted by atomic mass is 10.1. The summed E-state index contributed by atoms with van der Waals surface area (Å²) in [6.45, 7) is 0. The van der Waals surface area contributed by atoms with Crippen molar-refractivity contribution in [3.8, 4) is 34.3 Å². The van der Waals surface area contributed by atoms with Crippen LogP contribution in [0.3, 0.4) is 0 Å². The fraction of sp³-hybridized carbons (Fsp3) is 0. The van der Waals surface area contributed by atoms with Crippen LogP contribution in [0.2, 0.25) is 5.02 Å². The van der Waals surface area contributed by atoms with Gasteiger partial charge in [-0.1, -0.05) is 11.6 Å². The largest absolute Gasteiger partial charge is 0.447 e. The minimum absolute atomic E-state index is 0.616. The van der Waals surface area contributed by atoms with Crippen molar-refractivity contribution in [2.75, 3.05) is 0 Å². The zero-order chi connectivity index (χ0) is 9.28. The van der Waals surface area contributed by atoms with E-state index in [1.165, 1.54) is 6.33 Å². The highest BCUT2D eigenvalue weighted by Crippen LogP contribution is 2.60. The molecule has 0 amide bonds. The van der Waals surface area contributed by atoms with E-state index in [2.05, 4.69) is 15.0 Å². The average molecular weight is 204 g/mol. The van der Waals surface area contributed by atoms with E-state index in [0.29, 0.717) is 16.7 Å². The van der Waals surface area contributed by atoms with Crippen molar-refractivity contribution in [3.05, 3.63) is 17.4 Å². The molecule has 4 nitrogen and oxygen atoms in total. The third kappa shape index (κ3) is 0.610. The van der Waals surface area contributed by atoms with Gasteiger partial charge >= 0.3 is 0 Å². The molecule has 2 aliphatic rings. The minimum Gasteiger partial charge on any atom is -0.447 e. The average Bonchev–Trinajstić information content (AvgIpc) is 2.94. The number of hydrogen-bond donors (Lipinski definition) is 0. The molecule has 0 atom stereocenters. The number of rotatable bonds is 0. The Morgan fingerprint density at radius 3 is 2.93 bits per heavy atom. The molecule has 0 unspecified atom stereocenters. The summed E-state index contributed by atoms with van der Waals surface area (Å²) in [6.07, 6.45) is 1.50. The maximum Gasteiger partial charge on any atom is 0.189 e. The molecule has 1 aromatic carbocycles. The number of halogens is 1. The fourth-order valence-electron chi connectivity index (χ4n) is 1.73. The van der Waals surface area contributed by atoms with Crippen molar-refractivity contribution in [2.24, 2.45) is 0 Å². The molecule has 0 aliphatic carbocycles. The van der Waals surface area contributed by atoms with Crippen LogP contribution in [-0.2, 0) is 0 Å². The van der Waals surface area contributed by atoms with Crippen molar-refractivity contribution < 1.29 is 4.74 Å². The van der Waals surface area contributed by atoms with Crippen molar-refractivity contribution in [3.63, 3.8) is 0 Å². The molecule has 0 radical (unpaired) electrons. The van der Waals surface area contributed by atoms with Crippen LogP contribution >= 0.6 is 11.6 Å². The number of hydrogen-bond acceptors (Lipinski definition) is 4. The van der Waals surface area contributed by atoms with Gasteiger partial charge in [0.25, 0.3) is 0 Å². The van der Waals surface area contributed by atoms with Crippen LogP contribution in [0, 0.1) is 0 Å². The molecule has 2 aliphatic heterocycles. The summed E-state index contributed by atoms with van der Waals surface area (Å²) in [5, 5.41) is 0.616. The maximum absolute atomic E-state index is 5.96. The van der Waals surface area contributed by atoms with Crippen LogP contribution < -0.4 is 4.74 Å². The molecule has 66 valence electrons. The standard InChI is InChI=1S/C9H2ClN3O/c10-4-1-3-5(7-6(4)14-7)9-12-2-11-8(3)13-9/h1-2H. The van der Waals surface area contributed by atoms with Gasteiger partial charge in [-0.15, -0.1) is 0 Å². The van der Waals surface area contributed by atoms with Gasteiger partial charge in [0.15, 0.2) is 23.1 Å². The molecule has 0 saturated carbocycles. The van der Waals surface area contributed by atoms with Gasteiger partial charge < -0.3 is 4.74 Å². The summed E-state index contributed by atoms with van der Waals surface area (Å²) in [6, 6.07) is 1.83. The lowest BCUT2D eigenvalue weighted by molar-refractivity contribution is 0.651. The van der Waals surface area contributed by atoms with E-state index >= 15 is 0 Å². The smallest absolute Gasteiger partial charge is 0.189 e. The highest BCUT2D eigenvalue weighted by Gasteiger charge is 2.36. The van der Waals surface area contributed by atoms with Crippen LogP contribution in [0.25, 0.3) is 22.8 Å². The lowest BCUT2D eigenvalue weighted by Crippen LogP contribution is -1.82. The predicted octanol–water partition coefficient (Wildman–Crippen LogP) is 2.28. The first-order valence-corrected chi connectivity index (χ1v) is 4.46. The molecule has 1 aromatic heterocycles. The Morgan fingerprint density at radius 1 is 1.14 bits per heavy atom. The van der Waals surface area contributed by atoms with Crippen molar-refractivity contribution >= 4 is 11.6 Å². The van der Waals surface area contributed by atoms with Gasteiger partial charge in [0.05, 0.1) is 10.6 Å². The van der Waals surface area contributed by atoms with Gasteiger partial charge in [0.1, 0.15) is 6.33 Å². The quantitative estimate of drug-likeness (QED) is 0.412. The van der Waals surface area contributed by atoms with Crippen molar-refractivity contribution in [1.82, 2.24) is 15.0 Å². The van der Waals surface area contributed by atoms with Gasteiger partial charge in [-0.3, -0.25) is 0 Å². The SMILES string of the molecule is Clc1cc2c(c3c1O3)-c1ncnc-2n1. The van der Waals surface area contributed by atoms with Crippen LogP contribution in [0.15, 0.2) is 12.4 Å². The van der Waals surface area contributed by atoms with Gasteiger partial charge in [-0.2, -0.15) is 0 Å². The van der Waals surface area contributed by atoms with E-state index in [-0.39, 0.29) is 0 Å². The highest BCUT2D eigenvalue weighted by atomic mass is 35.5. The number of ether oxygens (including phenoxy) is 1. The summed E-state index contributed by atoms with van der Waals surface area (Å²) in [4.78, 5) is 12.4. The minimum atomic E-state index is 0.616. The monoisotopic (exact) mass is 203 g/mol. The number of benzene rings is 1. The molecule has 2 aromatic rings. The van der Waals surface area contributed by atoms with E-state index in [1.54, 1.807) is 0 Å². The molecule has 0 saturated heterocycles. The summed E-state index contributed by atoms with van der Waals surface area (Å²) in [5.41, 5.74) is 1.84. The Hall–Kier alpha value is -1.68. The third-order valence-electron chi connectivity index (χ3n) is 2.39. The number of nitrogens with zero attached hydrogens (tertiary/aromatic N) is 3. The Morgan fingerprint density at radius 2 is 2.00 bits per heavy atom. The predicted molar refractivity (Wildman–Crippen MR) is 49.3 cm³/mol. The van der Waals surface area contributed by atoms with Crippen LogP contribution in [0.1, 0.15) is 0 Å². The molecule has 4 rings (SSSR count). The first-order valence-electron chi connectivity index (χ1n) is 4.09. The highest BCUT2D eigenvalue weighted by molar-refractivity contribution is 6.33. The van der Waals surface area contributed by atoms with Crippen LogP contribution in [-0.4, -0.2) is 15.0 Å². The Bertz CT molecular complexity index is 597. The maximum atomic E-state index is 5.96. The molecular formula is C9H2ClN3O. The topological polar surface area (TPSA) is 51.2 Å². The number of fused-ring (bicyclic) bond motifs is 7. The second-order valence-corrected chi connectivity index (χ2v) is 3.58. The first-order chi connectivity index (χ1) is 6.84. The normalized spacial score (nSPS) is 13.2. The molecule has 3 heterocycles. The van der Waals surface area contributed by atoms with Crippen LogP contribution in [0.4, 0.5) is 0 Å². The van der Waals surface area contributed by atoms with E-state index < -0.39 is 0 Å². The second-order valence-electron chi connectivity index (χ2n) is 3.17. The lowest BCUT2D eigenvalue weighted by Gasteiger charge is -1.91. The molecule has 0 fully saturated rings. The fourth-order valence-corrected chi connectivity index (χ4v) is 1.96.